The highest BCUT2D eigenvalue weighted by molar-refractivity contribution is 9.10. The van der Waals surface area contributed by atoms with Crippen molar-refractivity contribution >= 4 is 33.2 Å². The minimum absolute atomic E-state index is 0.0413. The molecule has 0 aliphatic carbocycles. The molecular formula is C13H11BrClFN2. The zero-order chi connectivity index (χ0) is 13.1. The van der Waals surface area contributed by atoms with Crippen molar-refractivity contribution in [3.8, 4) is 0 Å². The van der Waals surface area contributed by atoms with Crippen LogP contribution in [0, 0.1) is 5.82 Å². The third-order valence-corrected chi connectivity index (χ3v) is 3.92. The quantitative estimate of drug-likeness (QED) is 0.874. The van der Waals surface area contributed by atoms with Crippen LogP contribution in [0.3, 0.4) is 0 Å². The molecule has 1 atom stereocenters. The van der Waals surface area contributed by atoms with Crippen molar-refractivity contribution < 1.29 is 4.39 Å². The van der Waals surface area contributed by atoms with Gasteiger partial charge >= 0.3 is 0 Å². The summed E-state index contributed by atoms with van der Waals surface area (Å²) < 4.78 is 13.6. The highest BCUT2D eigenvalue weighted by atomic mass is 79.9. The Morgan fingerprint density at radius 3 is 2.78 bits per heavy atom. The zero-order valence-electron chi connectivity index (χ0n) is 9.62. The number of pyridine rings is 1. The fraction of sp³-hybridized carbons (Fsp3) is 0.154. The first-order valence-corrected chi connectivity index (χ1v) is 6.57. The summed E-state index contributed by atoms with van der Waals surface area (Å²) in [5.74, 6) is -0.338. The average Bonchev–Trinajstić information content (AvgIpc) is 2.36. The van der Waals surface area contributed by atoms with E-state index in [1.54, 1.807) is 12.1 Å². The molecule has 0 saturated carbocycles. The number of nitrogens with zero attached hydrogens (tertiary/aromatic N) is 1. The number of benzene rings is 1. The van der Waals surface area contributed by atoms with Gasteiger partial charge in [0.1, 0.15) is 5.82 Å². The summed E-state index contributed by atoms with van der Waals surface area (Å²) in [6, 6.07) is 8.59. The number of nitrogens with one attached hydrogen (secondary N) is 1. The molecule has 0 fully saturated rings. The maximum absolute atomic E-state index is 12.8. The Labute approximate surface area is 118 Å². The smallest absolute Gasteiger partial charge is 0.141 e. The van der Waals surface area contributed by atoms with Crippen LogP contribution < -0.4 is 5.32 Å². The molecule has 0 aliphatic rings. The van der Waals surface area contributed by atoms with Crippen LogP contribution in [0.1, 0.15) is 18.7 Å². The lowest BCUT2D eigenvalue weighted by Crippen LogP contribution is -2.08. The minimum Gasteiger partial charge on any atom is -0.376 e. The van der Waals surface area contributed by atoms with Crippen LogP contribution in [-0.2, 0) is 0 Å². The fourth-order valence-corrected chi connectivity index (χ4v) is 2.12. The number of anilines is 1. The van der Waals surface area contributed by atoms with Gasteiger partial charge in [0.05, 0.1) is 33.1 Å². The van der Waals surface area contributed by atoms with Gasteiger partial charge in [-0.15, -0.1) is 0 Å². The van der Waals surface area contributed by atoms with Crippen molar-refractivity contribution in [2.24, 2.45) is 0 Å². The maximum Gasteiger partial charge on any atom is 0.141 e. The first-order chi connectivity index (χ1) is 8.58. The summed E-state index contributed by atoms with van der Waals surface area (Å²) in [7, 11) is 0. The van der Waals surface area contributed by atoms with E-state index in [-0.39, 0.29) is 11.9 Å². The highest BCUT2D eigenvalue weighted by Gasteiger charge is 2.10. The van der Waals surface area contributed by atoms with E-state index in [1.807, 2.05) is 19.1 Å². The number of hydrogen-bond donors (Lipinski definition) is 1. The van der Waals surface area contributed by atoms with Crippen molar-refractivity contribution in [1.82, 2.24) is 4.98 Å². The molecule has 0 amide bonds. The van der Waals surface area contributed by atoms with Gasteiger partial charge in [0.2, 0.25) is 0 Å². The largest absolute Gasteiger partial charge is 0.376 e. The third-order valence-electron chi connectivity index (χ3n) is 2.52. The van der Waals surface area contributed by atoms with Crippen LogP contribution in [0.25, 0.3) is 0 Å². The first-order valence-electron chi connectivity index (χ1n) is 5.40. The molecule has 0 bridgehead atoms. The fourth-order valence-electron chi connectivity index (χ4n) is 1.57. The normalized spacial score (nSPS) is 12.2. The van der Waals surface area contributed by atoms with Crippen LogP contribution in [0.15, 0.2) is 41.0 Å². The SMILES string of the molecule is CC(Nc1cccc(Cl)c1Br)c1ccc(F)cn1. The molecule has 0 radical (unpaired) electrons. The maximum atomic E-state index is 12.8. The van der Waals surface area contributed by atoms with Gasteiger partial charge in [-0.05, 0) is 47.1 Å². The Kier molecular flexibility index (Phi) is 4.19. The Morgan fingerprint density at radius 2 is 2.11 bits per heavy atom. The Balaban J connectivity index is 2.18. The van der Waals surface area contributed by atoms with Gasteiger partial charge in [-0.1, -0.05) is 17.7 Å². The van der Waals surface area contributed by atoms with Gasteiger partial charge in [-0.3, -0.25) is 4.98 Å². The monoisotopic (exact) mass is 328 g/mol. The van der Waals surface area contributed by atoms with E-state index >= 15 is 0 Å². The molecule has 18 heavy (non-hydrogen) atoms. The molecule has 94 valence electrons. The van der Waals surface area contributed by atoms with E-state index in [4.69, 9.17) is 11.6 Å². The molecule has 2 aromatic rings. The van der Waals surface area contributed by atoms with Crippen molar-refractivity contribution in [3.63, 3.8) is 0 Å². The highest BCUT2D eigenvalue weighted by Crippen LogP contribution is 2.32. The van der Waals surface area contributed by atoms with E-state index in [2.05, 4.69) is 26.2 Å². The Bertz CT molecular complexity index is 545. The van der Waals surface area contributed by atoms with Crippen molar-refractivity contribution in [2.75, 3.05) is 5.32 Å². The molecular weight excluding hydrogens is 319 g/mol. The standard InChI is InChI=1S/C13H11BrClFN2/c1-8(11-6-5-9(16)7-17-11)18-12-4-2-3-10(15)13(12)14/h2-8,18H,1H3. The van der Waals surface area contributed by atoms with Gasteiger partial charge < -0.3 is 5.32 Å². The molecule has 0 saturated heterocycles. The molecule has 2 rings (SSSR count). The lowest BCUT2D eigenvalue weighted by molar-refractivity contribution is 0.617. The molecule has 1 aromatic heterocycles. The van der Waals surface area contributed by atoms with E-state index in [1.165, 1.54) is 12.3 Å². The second kappa shape index (κ2) is 5.67. The molecule has 1 N–H and O–H groups in total. The topological polar surface area (TPSA) is 24.9 Å². The van der Waals surface area contributed by atoms with Crippen LogP contribution in [0.5, 0.6) is 0 Å². The van der Waals surface area contributed by atoms with Crippen LogP contribution in [0.2, 0.25) is 5.02 Å². The molecule has 0 aliphatic heterocycles. The molecule has 1 aromatic carbocycles. The molecule has 1 unspecified atom stereocenters. The number of rotatable bonds is 3. The van der Waals surface area contributed by atoms with Crippen molar-refractivity contribution in [3.05, 3.63) is 57.5 Å². The van der Waals surface area contributed by atoms with Gasteiger partial charge in [-0.25, -0.2) is 4.39 Å². The summed E-state index contributed by atoms with van der Waals surface area (Å²) in [5, 5.41) is 3.91. The summed E-state index contributed by atoms with van der Waals surface area (Å²) in [4.78, 5) is 4.04. The third kappa shape index (κ3) is 3.00. The van der Waals surface area contributed by atoms with Crippen LogP contribution in [-0.4, -0.2) is 4.98 Å². The predicted octanol–water partition coefficient (Wildman–Crippen LogP) is 4.81. The van der Waals surface area contributed by atoms with Crippen LogP contribution in [0.4, 0.5) is 10.1 Å². The number of hydrogen-bond acceptors (Lipinski definition) is 2. The minimum atomic E-state index is -0.338. The number of aromatic nitrogens is 1. The van der Waals surface area contributed by atoms with E-state index in [0.29, 0.717) is 5.02 Å². The first kappa shape index (κ1) is 13.3. The summed E-state index contributed by atoms with van der Waals surface area (Å²) in [5.41, 5.74) is 1.64. The summed E-state index contributed by atoms with van der Waals surface area (Å²) in [6.07, 6.45) is 1.21. The van der Waals surface area contributed by atoms with Gasteiger partial charge in [0.15, 0.2) is 0 Å². The second-order valence-corrected chi connectivity index (χ2v) is 5.07. The molecule has 5 heteroatoms. The molecule has 0 spiro atoms. The van der Waals surface area contributed by atoms with Gasteiger partial charge in [0, 0.05) is 0 Å². The van der Waals surface area contributed by atoms with E-state index in [9.17, 15) is 4.39 Å². The molecule has 1 heterocycles. The lowest BCUT2D eigenvalue weighted by atomic mass is 10.2. The van der Waals surface area contributed by atoms with Crippen molar-refractivity contribution in [2.45, 2.75) is 13.0 Å². The number of halogens is 3. The lowest BCUT2D eigenvalue weighted by Gasteiger charge is -2.16. The zero-order valence-corrected chi connectivity index (χ0v) is 12.0. The Hall–Kier alpha value is -1.13. The van der Waals surface area contributed by atoms with Crippen molar-refractivity contribution in [1.29, 1.82) is 0 Å². The second-order valence-electron chi connectivity index (χ2n) is 3.87. The summed E-state index contributed by atoms with van der Waals surface area (Å²) in [6.45, 7) is 1.95. The Morgan fingerprint density at radius 1 is 1.33 bits per heavy atom. The van der Waals surface area contributed by atoms with E-state index < -0.39 is 0 Å². The van der Waals surface area contributed by atoms with E-state index in [0.717, 1.165) is 15.9 Å². The summed E-state index contributed by atoms with van der Waals surface area (Å²) >= 11 is 9.43. The predicted molar refractivity (Wildman–Crippen MR) is 75.4 cm³/mol. The van der Waals surface area contributed by atoms with Crippen LogP contribution >= 0.6 is 27.5 Å². The van der Waals surface area contributed by atoms with Gasteiger partial charge in [0.25, 0.3) is 0 Å². The average molecular weight is 330 g/mol. The molecule has 2 nitrogen and oxygen atoms in total. The van der Waals surface area contributed by atoms with Gasteiger partial charge in [-0.2, -0.15) is 0 Å².